The number of furan rings is 1. The molecule has 0 aliphatic heterocycles. The van der Waals surface area contributed by atoms with E-state index in [0.717, 1.165) is 10.0 Å². The van der Waals surface area contributed by atoms with Crippen molar-refractivity contribution in [3.8, 4) is 11.5 Å². The summed E-state index contributed by atoms with van der Waals surface area (Å²) in [5, 5.41) is 2.53. The van der Waals surface area contributed by atoms with Crippen molar-refractivity contribution in [1.29, 1.82) is 0 Å². The van der Waals surface area contributed by atoms with E-state index >= 15 is 0 Å². The van der Waals surface area contributed by atoms with E-state index in [1.165, 1.54) is 18.2 Å². The number of ether oxygens (including phenoxy) is 2. The van der Waals surface area contributed by atoms with Gasteiger partial charge in [-0.05, 0) is 61.0 Å². The van der Waals surface area contributed by atoms with Crippen molar-refractivity contribution in [3.05, 3.63) is 76.2 Å². The molecule has 0 aliphatic carbocycles. The van der Waals surface area contributed by atoms with E-state index in [4.69, 9.17) is 9.15 Å². The average molecular weight is 452 g/mol. The second-order valence-electron chi connectivity index (χ2n) is 5.84. The maximum atomic E-state index is 12.5. The molecule has 0 atom stereocenters. The van der Waals surface area contributed by atoms with E-state index in [1.807, 2.05) is 12.1 Å². The van der Waals surface area contributed by atoms with Gasteiger partial charge in [-0.3, -0.25) is 4.79 Å². The minimum absolute atomic E-state index is 0.0268. The van der Waals surface area contributed by atoms with E-state index < -0.39 is 12.5 Å². The maximum absolute atomic E-state index is 12.5. The van der Waals surface area contributed by atoms with Gasteiger partial charge in [-0.2, -0.15) is 8.78 Å². The zero-order valence-corrected chi connectivity index (χ0v) is 16.3. The van der Waals surface area contributed by atoms with Crippen LogP contribution in [-0.4, -0.2) is 12.5 Å². The maximum Gasteiger partial charge on any atom is 0.387 e. The zero-order chi connectivity index (χ0) is 20.1. The minimum atomic E-state index is -3.00. The van der Waals surface area contributed by atoms with Crippen molar-refractivity contribution in [1.82, 2.24) is 0 Å². The predicted octanol–water partition coefficient (Wildman–Crippen LogP) is 5.78. The topological polar surface area (TPSA) is 60.7 Å². The number of amides is 1. The normalized spacial score (nSPS) is 10.8. The number of anilines is 1. The summed E-state index contributed by atoms with van der Waals surface area (Å²) in [6.45, 7) is -1.09. The molecule has 0 unspecified atom stereocenters. The lowest BCUT2D eigenvalue weighted by Gasteiger charge is -2.12. The van der Waals surface area contributed by atoms with Gasteiger partial charge in [-0.1, -0.05) is 22.0 Å². The molecule has 0 aliphatic rings. The first-order valence-corrected chi connectivity index (χ1v) is 9.04. The number of aryl methyl sites for hydroxylation is 1. The van der Waals surface area contributed by atoms with Crippen LogP contribution in [0.1, 0.15) is 21.9 Å². The fraction of sp³-hybridized carbons (Fsp3) is 0.150. The molecule has 3 aromatic rings. The highest BCUT2D eigenvalue weighted by atomic mass is 79.9. The summed E-state index contributed by atoms with van der Waals surface area (Å²) in [5.41, 5.74) is 0.911. The number of carbonyl (C=O) groups is 1. The van der Waals surface area contributed by atoms with Gasteiger partial charge in [0.1, 0.15) is 23.9 Å². The van der Waals surface area contributed by atoms with Crippen molar-refractivity contribution in [2.75, 3.05) is 5.32 Å². The molecule has 1 heterocycles. The monoisotopic (exact) mass is 451 g/mol. The lowest BCUT2D eigenvalue weighted by Crippen LogP contribution is -2.13. The summed E-state index contributed by atoms with van der Waals surface area (Å²) in [6, 6.07) is 14.9. The Balaban J connectivity index is 1.66. The number of rotatable bonds is 7. The third kappa shape index (κ3) is 5.32. The lowest BCUT2D eigenvalue weighted by atomic mass is 10.2. The Morgan fingerprint density at radius 2 is 1.89 bits per heavy atom. The quantitative estimate of drug-likeness (QED) is 0.494. The third-order valence-electron chi connectivity index (χ3n) is 3.68. The predicted molar refractivity (Wildman–Crippen MR) is 103 cm³/mol. The van der Waals surface area contributed by atoms with Gasteiger partial charge in [-0.15, -0.1) is 0 Å². The van der Waals surface area contributed by atoms with E-state index in [1.54, 1.807) is 31.2 Å². The molecule has 1 amide bonds. The fourth-order valence-electron chi connectivity index (χ4n) is 2.39. The van der Waals surface area contributed by atoms with Crippen LogP contribution in [-0.2, 0) is 6.61 Å². The molecule has 1 N–H and O–H groups in total. The first kappa shape index (κ1) is 19.9. The molecule has 5 nitrogen and oxygen atoms in total. The number of alkyl halides is 2. The molecule has 3 rings (SSSR count). The average Bonchev–Trinajstić information content (AvgIpc) is 3.12. The van der Waals surface area contributed by atoms with E-state index in [2.05, 4.69) is 26.0 Å². The Morgan fingerprint density at radius 3 is 2.61 bits per heavy atom. The van der Waals surface area contributed by atoms with Crippen LogP contribution in [0.25, 0.3) is 0 Å². The van der Waals surface area contributed by atoms with Gasteiger partial charge in [0.2, 0.25) is 0 Å². The standard InChI is InChI=1S/C20H16BrF2NO4/c1-12-2-8-17(28-20(22)23)16(10-12)24-19(25)18-9-7-15(27-18)11-26-14-5-3-13(21)4-6-14/h2-10,20H,11H2,1H3,(H,24,25). The van der Waals surface area contributed by atoms with Crippen molar-refractivity contribution < 1.29 is 27.5 Å². The highest BCUT2D eigenvalue weighted by Gasteiger charge is 2.16. The van der Waals surface area contributed by atoms with Crippen LogP contribution in [0.3, 0.4) is 0 Å². The van der Waals surface area contributed by atoms with Crippen molar-refractivity contribution in [2.45, 2.75) is 20.1 Å². The summed E-state index contributed by atoms with van der Waals surface area (Å²) in [4.78, 5) is 12.4. The Morgan fingerprint density at radius 1 is 1.14 bits per heavy atom. The highest BCUT2D eigenvalue weighted by Crippen LogP contribution is 2.28. The summed E-state index contributed by atoms with van der Waals surface area (Å²) >= 11 is 3.34. The van der Waals surface area contributed by atoms with Gasteiger partial charge >= 0.3 is 6.61 Å². The summed E-state index contributed by atoms with van der Waals surface area (Å²) in [6.07, 6.45) is 0. The Bertz CT molecular complexity index is 957. The van der Waals surface area contributed by atoms with Gasteiger partial charge < -0.3 is 19.2 Å². The van der Waals surface area contributed by atoms with Gasteiger partial charge in [-0.25, -0.2) is 0 Å². The molecule has 8 heteroatoms. The van der Waals surface area contributed by atoms with E-state index in [9.17, 15) is 13.6 Å². The van der Waals surface area contributed by atoms with Crippen LogP contribution in [0, 0.1) is 6.92 Å². The smallest absolute Gasteiger partial charge is 0.387 e. The van der Waals surface area contributed by atoms with Crippen molar-refractivity contribution in [3.63, 3.8) is 0 Å². The number of hydrogen-bond acceptors (Lipinski definition) is 4. The second kappa shape index (κ2) is 8.88. The van der Waals surface area contributed by atoms with Crippen LogP contribution in [0.2, 0.25) is 0 Å². The summed E-state index contributed by atoms with van der Waals surface area (Å²) < 4.78 is 41.5. The van der Waals surface area contributed by atoms with E-state index in [0.29, 0.717) is 11.5 Å². The van der Waals surface area contributed by atoms with Crippen molar-refractivity contribution >= 4 is 27.5 Å². The Labute approximate surface area is 168 Å². The number of nitrogens with one attached hydrogen (secondary N) is 1. The van der Waals surface area contributed by atoms with Crippen LogP contribution in [0.4, 0.5) is 14.5 Å². The van der Waals surface area contributed by atoms with Crippen LogP contribution < -0.4 is 14.8 Å². The molecule has 28 heavy (non-hydrogen) atoms. The Kier molecular flexibility index (Phi) is 6.30. The zero-order valence-electron chi connectivity index (χ0n) is 14.7. The van der Waals surface area contributed by atoms with Gasteiger partial charge in [0.25, 0.3) is 5.91 Å². The van der Waals surface area contributed by atoms with Gasteiger partial charge in [0.15, 0.2) is 5.76 Å². The molecular formula is C20H16BrF2NO4. The first-order valence-electron chi connectivity index (χ1n) is 8.24. The number of hydrogen-bond donors (Lipinski definition) is 1. The molecule has 1 aromatic heterocycles. The minimum Gasteiger partial charge on any atom is -0.486 e. The van der Waals surface area contributed by atoms with Gasteiger partial charge in [0, 0.05) is 4.47 Å². The molecule has 146 valence electrons. The number of halogens is 3. The summed E-state index contributed by atoms with van der Waals surface area (Å²) in [7, 11) is 0. The molecule has 0 spiro atoms. The first-order chi connectivity index (χ1) is 13.4. The summed E-state index contributed by atoms with van der Waals surface area (Å²) in [5.74, 6) is 0.415. The van der Waals surface area contributed by atoms with Crippen LogP contribution >= 0.6 is 15.9 Å². The number of benzene rings is 2. The largest absolute Gasteiger partial charge is 0.486 e. The highest BCUT2D eigenvalue weighted by molar-refractivity contribution is 9.10. The molecule has 0 bridgehead atoms. The molecule has 0 saturated heterocycles. The van der Waals surface area contributed by atoms with Crippen LogP contribution in [0.5, 0.6) is 11.5 Å². The van der Waals surface area contributed by atoms with E-state index in [-0.39, 0.29) is 23.8 Å². The molecule has 0 radical (unpaired) electrons. The molecule has 0 saturated carbocycles. The third-order valence-corrected chi connectivity index (χ3v) is 4.21. The van der Waals surface area contributed by atoms with Crippen molar-refractivity contribution in [2.24, 2.45) is 0 Å². The molecule has 0 fully saturated rings. The second-order valence-corrected chi connectivity index (χ2v) is 6.76. The van der Waals surface area contributed by atoms with Crippen LogP contribution in [0.15, 0.2) is 63.5 Å². The Hall–Kier alpha value is -2.87. The molecular weight excluding hydrogens is 436 g/mol. The SMILES string of the molecule is Cc1ccc(OC(F)F)c(NC(=O)c2ccc(COc3ccc(Br)cc3)o2)c1. The molecule has 2 aromatic carbocycles. The number of carbonyl (C=O) groups excluding carboxylic acids is 1. The van der Waals surface area contributed by atoms with Gasteiger partial charge in [0.05, 0.1) is 5.69 Å². The lowest BCUT2D eigenvalue weighted by molar-refractivity contribution is -0.0493. The fourth-order valence-corrected chi connectivity index (χ4v) is 2.65.